The molecule has 1 aliphatic carbocycles. The summed E-state index contributed by atoms with van der Waals surface area (Å²) >= 11 is 0. The number of hydrogen-bond acceptors (Lipinski definition) is 6. The summed E-state index contributed by atoms with van der Waals surface area (Å²) in [5, 5.41) is 9.89. The Morgan fingerprint density at radius 3 is 1.64 bits per heavy atom. The maximum atomic E-state index is 14.8. The molecule has 0 heterocycles. The number of esters is 1. The highest BCUT2D eigenvalue weighted by molar-refractivity contribution is 5.75. The molecule has 0 radical (unpaired) electrons. The zero-order valence-corrected chi connectivity index (χ0v) is 22.2. The fraction of sp³-hybridized carbons (Fsp3) is 0.952. The van der Waals surface area contributed by atoms with Crippen molar-refractivity contribution < 1.29 is 103 Å². The first-order valence-corrected chi connectivity index (χ1v) is 11.9. The zero-order chi connectivity index (χ0) is 35.2. The maximum Gasteiger partial charge on any atom is 0.478 e. The van der Waals surface area contributed by atoms with E-state index in [0.29, 0.717) is 0 Å². The molecule has 23 heteroatoms. The molecule has 1 saturated carbocycles. The van der Waals surface area contributed by atoms with Crippen LogP contribution in [-0.2, 0) is 23.7 Å². The van der Waals surface area contributed by atoms with Crippen LogP contribution < -0.4 is 0 Å². The summed E-state index contributed by atoms with van der Waals surface area (Å²) < 4.78 is 239. The molecule has 0 bridgehead atoms. The topological polar surface area (TPSA) is 74.2 Å². The second-order valence-corrected chi connectivity index (χ2v) is 10.2. The largest absolute Gasteiger partial charge is 0.478 e. The average Bonchev–Trinajstić information content (AvgIpc) is 2.81. The van der Waals surface area contributed by atoms with Gasteiger partial charge in [-0.25, -0.2) is 4.74 Å². The molecule has 262 valence electrons. The van der Waals surface area contributed by atoms with Crippen LogP contribution in [0.25, 0.3) is 0 Å². The van der Waals surface area contributed by atoms with Gasteiger partial charge < -0.3 is 14.6 Å². The van der Waals surface area contributed by atoms with E-state index in [9.17, 15) is 84.5 Å². The Labute approximate surface area is 235 Å². The lowest BCUT2D eigenvalue weighted by molar-refractivity contribution is -0.576. The van der Waals surface area contributed by atoms with Crippen LogP contribution in [0.1, 0.15) is 46.5 Å². The minimum absolute atomic E-state index is 0.221. The van der Waals surface area contributed by atoms with E-state index < -0.39 is 97.5 Å². The number of rotatable bonds is 12. The molecule has 0 spiro atoms. The van der Waals surface area contributed by atoms with Crippen molar-refractivity contribution in [1.82, 2.24) is 0 Å². The fourth-order valence-corrected chi connectivity index (χ4v) is 3.27. The molecular weight excluding hydrogens is 671 g/mol. The van der Waals surface area contributed by atoms with Crippen molar-refractivity contribution >= 4 is 5.97 Å². The van der Waals surface area contributed by atoms with E-state index in [1.807, 2.05) is 0 Å². The molecule has 1 rings (SSSR count). The first-order valence-electron chi connectivity index (χ1n) is 11.9. The van der Waals surface area contributed by atoms with Crippen molar-refractivity contribution in [3.8, 4) is 0 Å². The Kier molecular flexibility index (Phi) is 11.3. The predicted octanol–water partition coefficient (Wildman–Crippen LogP) is 7.34. The van der Waals surface area contributed by atoms with Gasteiger partial charge in [0.05, 0.1) is 24.2 Å². The van der Waals surface area contributed by atoms with Crippen molar-refractivity contribution in [2.24, 2.45) is 11.3 Å². The number of aliphatic hydroxyl groups is 1. The highest BCUT2D eigenvalue weighted by Crippen LogP contribution is 2.57. The van der Waals surface area contributed by atoms with E-state index in [1.54, 1.807) is 6.92 Å². The molecule has 6 nitrogen and oxygen atoms in total. The van der Waals surface area contributed by atoms with Crippen LogP contribution in [0.2, 0.25) is 0 Å². The van der Waals surface area contributed by atoms with E-state index >= 15 is 0 Å². The number of carbonyl (C=O) groups is 1. The van der Waals surface area contributed by atoms with Crippen molar-refractivity contribution in [2.45, 2.75) is 107 Å². The monoisotopic (exact) mass is 694 g/mol. The van der Waals surface area contributed by atoms with Crippen LogP contribution in [0.5, 0.6) is 0 Å². The summed E-state index contributed by atoms with van der Waals surface area (Å²) in [6.07, 6.45) is -45.2. The fourth-order valence-electron chi connectivity index (χ4n) is 3.27. The summed E-state index contributed by atoms with van der Waals surface area (Å²) in [4.78, 5) is 12.1. The quantitative estimate of drug-likeness (QED) is 0.131. The van der Waals surface area contributed by atoms with Gasteiger partial charge in [0.1, 0.15) is 0 Å². The van der Waals surface area contributed by atoms with Crippen molar-refractivity contribution in [2.75, 3.05) is 6.61 Å². The molecule has 1 N–H and O–H groups in total. The van der Waals surface area contributed by atoms with Gasteiger partial charge in [0.15, 0.2) is 0 Å². The minimum Gasteiger partial charge on any atom is -0.465 e. The molecule has 0 aromatic heterocycles. The summed E-state index contributed by atoms with van der Waals surface area (Å²) in [5.74, 6) is -17.9. The number of carbonyl (C=O) groups excluding carboxylic acids is 1. The van der Waals surface area contributed by atoms with Crippen LogP contribution >= 0.6 is 0 Å². The SMILES string of the molecule is CCC(C)(C)C(=O)OCC1CCC(O)C(OC(F)(OC(F)(F)C(F)(OC(F)(F)C(F)(F)C(F)(F)F)C(F)(F)F)C(F)(F)F)C1. The lowest BCUT2D eigenvalue weighted by Crippen LogP contribution is -2.67. The summed E-state index contributed by atoms with van der Waals surface area (Å²) in [7, 11) is 0. The van der Waals surface area contributed by atoms with Crippen LogP contribution in [0.15, 0.2) is 0 Å². The Bertz CT molecular complexity index is 995. The normalized spacial score (nSPS) is 24.4. The standard InChI is InChI=1S/C21H23F17O6/c1-4-13(2,3)12(40)41-8-9-5-6-10(39)11(7-9)42-21(38,18(31,32)33)44-20(36,37)15(24,17(28,29)30)43-19(34,35)14(22,23)16(25,26)27/h9-11,39H,4-8H2,1-3H3. The molecule has 5 unspecified atom stereocenters. The molecule has 0 aromatic rings. The molecule has 0 aliphatic heterocycles. The summed E-state index contributed by atoms with van der Waals surface area (Å²) in [5.41, 5.74) is -1.09. The van der Waals surface area contributed by atoms with Gasteiger partial charge in [-0.3, -0.25) is 9.53 Å². The number of hydrogen-bond donors (Lipinski definition) is 1. The Morgan fingerprint density at radius 2 is 1.23 bits per heavy atom. The maximum absolute atomic E-state index is 14.8. The van der Waals surface area contributed by atoms with Gasteiger partial charge in [-0.15, -0.1) is 0 Å². The van der Waals surface area contributed by atoms with Crippen molar-refractivity contribution in [1.29, 1.82) is 0 Å². The second-order valence-electron chi connectivity index (χ2n) is 10.2. The van der Waals surface area contributed by atoms with Crippen LogP contribution in [0.3, 0.4) is 0 Å². The highest BCUT2D eigenvalue weighted by atomic mass is 19.4. The lowest BCUT2D eigenvalue weighted by atomic mass is 9.85. The van der Waals surface area contributed by atoms with E-state index in [1.165, 1.54) is 18.6 Å². The number of ether oxygens (including phenoxy) is 4. The van der Waals surface area contributed by atoms with Crippen LogP contribution in [0.4, 0.5) is 74.6 Å². The predicted molar refractivity (Wildman–Crippen MR) is 106 cm³/mol. The highest BCUT2D eigenvalue weighted by Gasteiger charge is 2.85. The van der Waals surface area contributed by atoms with Crippen molar-refractivity contribution in [3.05, 3.63) is 0 Å². The van der Waals surface area contributed by atoms with E-state index in [-0.39, 0.29) is 12.8 Å². The number of aliphatic hydroxyl groups excluding tert-OH is 1. The smallest absolute Gasteiger partial charge is 0.465 e. The number of alkyl halides is 17. The summed E-state index contributed by atoms with van der Waals surface area (Å²) in [6, 6.07) is -6.71. The average molecular weight is 694 g/mol. The molecule has 5 atom stereocenters. The third-order valence-corrected chi connectivity index (χ3v) is 6.38. The molecule has 1 aliphatic rings. The van der Waals surface area contributed by atoms with Crippen LogP contribution in [0, 0.1) is 11.3 Å². The van der Waals surface area contributed by atoms with Crippen molar-refractivity contribution in [3.63, 3.8) is 0 Å². The third kappa shape index (κ3) is 8.09. The third-order valence-electron chi connectivity index (χ3n) is 6.38. The Hall–Kier alpha value is -1.88. The Morgan fingerprint density at radius 1 is 0.727 bits per heavy atom. The molecule has 1 fully saturated rings. The van der Waals surface area contributed by atoms with Gasteiger partial charge in [-0.2, -0.15) is 74.6 Å². The first kappa shape index (κ1) is 40.1. The first-order chi connectivity index (χ1) is 19.2. The van der Waals surface area contributed by atoms with Gasteiger partial charge >= 0.3 is 54.5 Å². The lowest BCUT2D eigenvalue weighted by Gasteiger charge is -2.42. The van der Waals surface area contributed by atoms with E-state index in [0.717, 1.165) is 0 Å². The van der Waals surface area contributed by atoms with Gasteiger partial charge in [0, 0.05) is 0 Å². The van der Waals surface area contributed by atoms with Gasteiger partial charge in [-0.05, 0) is 45.4 Å². The molecule has 44 heavy (non-hydrogen) atoms. The van der Waals surface area contributed by atoms with Gasteiger partial charge in [-0.1, -0.05) is 6.92 Å². The van der Waals surface area contributed by atoms with E-state index in [4.69, 9.17) is 4.74 Å². The van der Waals surface area contributed by atoms with Gasteiger partial charge in [0.2, 0.25) is 0 Å². The molecule has 0 saturated heterocycles. The number of halogens is 17. The Balaban J connectivity index is 3.43. The molecule has 0 amide bonds. The minimum atomic E-state index is -8.04. The molecular formula is C21H23F17O6. The second kappa shape index (κ2) is 12.4. The summed E-state index contributed by atoms with van der Waals surface area (Å²) in [6.45, 7) is 3.73. The van der Waals surface area contributed by atoms with E-state index in [2.05, 4.69) is 9.47 Å². The molecule has 0 aromatic carbocycles. The zero-order valence-electron chi connectivity index (χ0n) is 22.2. The van der Waals surface area contributed by atoms with Gasteiger partial charge in [0.25, 0.3) is 0 Å². The van der Waals surface area contributed by atoms with Crippen LogP contribution in [-0.4, -0.2) is 78.5 Å².